The van der Waals surface area contributed by atoms with Crippen LogP contribution in [0.1, 0.15) is 17.0 Å². The van der Waals surface area contributed by atoms with Crippen LogP contribution in [0, 0.1) is 0 Å². The van der Waals surface area contributed by atoms with E-state index in [0.29, 0.717) is 23.3 Å². The topological polar surface area (TPSA) is 46.5 Å². The van der Waals surface area contributed by atoms with Crippen LogP contribution in [0.4, 0.5) is 0 Å². The molecule has 0 bridgehead atoms. The van der Waals surface area contributed by atoms with Gasteiger partial charge in [-0.05, 0) is 51.2 Å². The minimum atomic E-state index is -0.487. The lowest BCUT2D eigenvalue weighted by atomic mass is 9.91. The van der Waals surface area contributed by atoms with E-state index in [9.17, 15) is 9.90 Å². The van der Waals surface area contributed by atoms with Crippen molar-refractivity contribution in [1.29, 1.82) is 0 Å². The van der Waals surface area contributed by atoms with Crippen LogP contribution in [0.25, 0.3) is 32.7 Å². The third-order valence-electron chi connectivity index (χ3n) is 7.03. The molecule has 0 heterocycles. The first-order chi connectivity index (χ1) is 18.7. The zero-order valence-electron chi connectivity index (χ0n) is 20.7. The van der Waals surface area contributed by atoms with Gasteiger partial charge < -0.3 is 9.84 Å². The molecule has 0 aliphatic rings. The van der Waals surface area contributed by atoms with Crippen LogP contribution in [-0.2, 0) is 11.2 Å². The molecule has 6 aromatic rings. The summed E-state index contributed by atoms with van der Waals surface area (Å²) in [5.41, 5.74) is 3.32. The summed E-state index contributed by atoms with van der Waals surface area (Å²) >= 11 is 0. The van der Waals surface area contributed by atoms with E-state index >= 15 is 0 Å². The number of carbonyl (C=O) groups excluding carboxylic acids is 1. The van der Waals surface area contributed by atoms with Crippen LogP contribution in [0.15, 0.2) is 133 Å². The first-order valence-corrected chi connectivity index (χ1v) is 12.7. The highest BCUT2D eigenvalue weighted by molar-refractivity contribution is 6.10. The van der Waals surface area contributed by atoms with E-state index in [2.05, 4.69) is 0 Å². The zero-order chi connectivity index (χ0) is 25.9. The Balaban J connectivity index is 1.50. The van der Waals surface area contributed by atoms with Gasteiger partial charge in [0.15, 0.2) is 0 Å². The highest BCUT2D eigenvalue weighted by atomic mass is 16.5. The number of esters is 1. The normalized spacial score (nSPS) is 11.9. The molecule has 3 heteroatoms. The highest BCUT2D eigenvalue weighted by Gasteiger charge is 2.26. The molecule has 3 nitrogen and oxygen atoms in total. The first-order valence-electron chi connectivity index (χ1n) is 12.7. The van der Waals surface area contributed by atoms with Crippen molar-refractivity contribution >= 4 is 27.5 Å². The van der Waals surface area contributed by atoms with Gasteiger partial charge in [-0.2, -0.15) is 0 Å². The van der Waals surface area contributed by atoms with Crippen LogP contribution >= 0.6 is 0 Å². The second-order valence-electron chi connectivity index (χ2n) is 9.41. The molecule has 6 aromatic carbocycles. The van der Waals surface area contributed by atoms with Crippen molar-refractivity contribution in [2.75, 3.05) is 0 Å². The molecule has 0 amide bonds. The molecule has 0 fully saturated rings. The molecule has 38 heavy (non-hydrogen) atoms. The molecule has 0 radical (unpaired) electrons. The van der Waals surface area contributed by atoms with E-state index in [1.54, 1.807) is 6.07 Å². The highest BCUT2D eigenvalue weighted by Crippen LogP contribution is 2.45. The number of fused-ring (bicyclic) bond motifs is 2. The summed E-state index contributed by atoms with van der Waals surface area (Å²) in [5.74, 6) is -0.258. The minimum Gasteiger partial charge on any atom is -0.507 e. The maximum atomic E-state index is 13.9. The Hall–Kier alpha value is -4.89. The SMILES string of the molecule is O=C(Oc1ccc2ccccc2c1-c1c(O)ccc2ccccc12)[C@H](Cc1ccccc1)c1ccccc1. The molecule has 6 rings (SSSR count). The predicted molar refractivity (Wildman–Crippen MR) is 154 cm³/mol. The number of carbonyl (C=O) groups is 1. The molecule has 1 atom stereocenters. The van der Waals surface area contributed by atoms with Crippen molar-refractivity contribution in [3.05, 3.63) is 145 Å². The molecule has 0 aliphatic heterocycles. The van der Waals surface area contributed by atoms with Crippen LogP contribution in [-0.4, -0.2) is 11.1 Å². The summed E-state index contributed by atoms with van der Waals surface area (Å²) in [6.45, 7) is 0. The Morgan fingerprint density at radius 2 is 1.16 bits per heavy atom. The Bertz CT molecular complexity index is 1740. The maximum Gasteiger partial charge on any atom is 0.319 e. The molecular weight excluding hydrogens is 468 g/mol. The minimum absolute atomic E-state index is 0.140. The van der Waals surface area contributed by atoms with E-state index in [1.807, 2.05) is 127 Å². The van der Waals surface area contributed by atoms with E-state index in [1.165, 1.54) is 0 Å². The third kappa shape index (κ3) is 4.51. The molecule has 0 saturated heterocycles. The van der Waals surface area contributed by atoms with Gasteiger partial charge in [0.2, 0.25) is 0 Å². The van der Waals surface area contributed by atoms with Gasteiger partial charge in [0.1, 0.15) is 11.5 Å². The van der Waals surface area contributed by atoms with E-state index in [4.69, 9.17) is 4.74 Å². The lowest BCUT2D eigenvalue weighted by Crippen LogP contribution is -2.21. The van der Waals surface area contributed by atoms with Crippen molar-refractivity contribution < 1.29 is 14.6 Å². The number of hydrogen-bond donors (Lipinski definition) is 1. The maximum absolute atomic E-state index is 13.9. The summed E-state index contributed by atoms with van der Waals surface area (Å²) in [6.07, 6.45) is 0.520. The van der Waals surface area contributed by atoms with E-state index in [-0.39, 0.29) is 11.7 Å². The largest absolute Gasteiger partial charge is 0.507 e. The quantitative estimate of drug-likeness (QED) is 0.187. The lowest BCUT2D eigenvalue weighted by Gasteiger charge is -2.20. The molecule has 184 valence electrons. The lowest BCUT2D eigenvalue weighted by molar-refractivity contribution is -0.136. The van der Waals surface area contributed by atoms with Gasteiger partial charge in [0, 0.05) is 11.1 Å². The fourth-order valence-corrected chi connectivity index (χ4v) is 5.17. The number of benzene rings is 6. The fourth-order valence-electron chi connectivity index (χ4n) is 5.17. The van der Waals surface area contributed by atoms with Gasteiger partial charge in [0.25, 0.3) is 0 Å². The predicted octanol–water partition coefficient (Wildman–Crippen LogP) is 8.30. The Kier molecular flexibility index (Phi) is 6.33. The van der Waals surface area contributed by atoms with Crippen LogP contribution in [0.2, 0.25) is 0 Å². The molecule has 0 unspecified atom stereocenters. The number of hydrogen-bond acceptors (Lipinski definition) is 3. The Morgan fingerprint density at radius 1 is 0.605 bits per heavy atom. The zero-order valence-corrected chi connectivity index (χ0v) is 20.7. The van der Waals surface area contributed by atoms with Gasteiger partial charge in [-0.3, -0.25) is 4.79 Å². The molecular formula is C35H26O3. The van der Waals surface area contributed by atoms with Gasteiger partial charge in [0.05, 0.1) is 5.92 Å². The van der Waals surface area contributed by atoms with Crippen molar-refractivity contribution in [3.63, 3.8) is 0 Å². The Morgan fingerprint density at radius 3 is 1.84 bits per heavy atom. The average molecular weight is 495 g/mol. The van der Waals surface area contributed by atoms with Crippen molar-refractivity contribution in [1.82, 2.24) is 0 Å². The van der Waals surface area contributed by atoms with Crippen molar-refractivity contribution in [3.8, 4) is 22.6 Å². The molecule has 0 saturated carbocycles. The number of ether oxygens (including phenoxy) is 1. The summed E-state index contributed by atoms with van der Waals surface area (Å²) in [6, 6.07) is 43.0. The summed E-state index contributed by atoms with van der Waals surface area (Å²) in [4.78, 5) is 13.9. The monoisotopic (exact) mass is 494 g/mol. The van der Waals surface area contributed by atoms with Gasteiger partial charge in [-0.1, -0.05) is 121 Å². The van der Waals surface area contributed by atoms with Gasteiger partial charge >= 0.3 is 5.97 Å². The fraction of sp³-hybridized carbons (Fsp3) is 0.0571. The van der Waals surface area contributed by atoms with Crippen LogP contribution < -0.4 is 4.74 Å². The number of rotatable bonds is 6. The van der Waals surface area contributed by atoms with E-state index < -0.39 is 5.92 Å². The third-order valence-corrected chi connectivity index (χ3v) is 7.03. The Labute approximate surface area is 221 Å². The number of aromatic hydroxyl groups is 1. The number of phenolic OH excluding ortho intramolecular Hbond substituents is 1. The summed E-state index contributed by atoms with van der Waals surface area (Å²) in [5, 5.41) is 14.9. The van der Waals surface area contributed by atoms with Crippen LogP contribution in [0.3, 0.4) is 0 Å². The second-order valence-corrected chi connectivity index (χ2v) is 9.41. The molecule has 0 spiro atoms. The second kappa shape index (κ2) is 10.2. The van der Waals surface area contributed by atoms with Gasteiger partial charge in [-0.15, -0.1) is 0 Å². The molecule has 1 N–H and O–H groups in total. The summed E-state index contributed by atoms with van der Waals surface area (Å²) < 4.78 is 6.25. The molecule has 0 aliphatic carbocycles. The first kappa shape index (κ1) is 23.5. The van der Waals surface area contributed by atoms with E-state index in [0.717, 1.165) is 32.7 Å². The van der Waals surface area contributed by atoms with Gasteiger partial charge in [-0.25, -0.2) is 0 Å². The summed E-state index contributed by atoms with van der Waals surface area (Å²) in [7, 11) is 0. The average Bonchev–Trinajstić information content (AvgIpc) is 2.97. The van der Waals surface area contributed by atoms with Crippen LogP contribution in [0.5, 0.6) is 11.5 Å². The van der Waals surface area contributed by atoms with Crippen molar-refractivity contribution in [2.24, 2.45) is 0 Å². The number of phenols is 1. The van der Waals surface area contributed by atoms with Crippen molar-refractivity contribution in [2.45, 2.75) is 12.3 Å². The standard InChI is InChI=1S/C35H26O3/c36-31-21-19-26-15-7-9-17-28(26)33(31)34-29-18-10-8-16-27(29)20-22-32(34)38-35(37)30(25-13-5-2-6-14-25)23-24-11-3-1-4-12-24/h1-22,30,36H,23H2/t30-/m1/s1. The molecule has 0 aromatic heterocycles. The smallest absolute Gasteiger partial charge is 0.319 e.